The van der Waals surface area contributed by atoms with Gasteiger partial charge in [-0.1, -0.05) is 43.6 Å². The van der Waals surface area contributed by atoms with Crippen molar-refractivity contribution in [1.82, 2.24) is 5.32 Å². The molecule has 0 spiro atoms. The van der Waals surface area contributed by atoms with E-state index in [1.165, 1.54) is 21.6 Å². The van der Waals surface area contributed by atoms with Crippen LogP contribution in [0.25, 0.3) is 0 Å². The van der Waals surface area contributed by atoms with Crippen LogP contribution < -0.4 is 5.32 Å². The third kappa shape index (κ3) is 3.19. The van der Waals surface area contributed by atoms with E-state index in [1.807, 2.05) is 13.1 Å². The van der Waals surface area contributed by atoms with Crippen LogP contribution in [0.4, 0.5) is 0 Å². The first-order valence-corrected chi connectivity index (χ1v) is 7.93. The molecule has 1 atom stereocenters. The summed E-state index contributed by atoms with van der Waals surface area (Å²) in [6.45, 7) is 4.40. The van der Waals surface area contributed by atoms with Crippen LogP contribution in [-0.4, -0.2) is 7.05 Å². The summed E-state index contributed by atoms with van der Waals surface area (Å²) in [6.07, 6.45) is 2.12. The number of hydrogen-bond acceptors (Lipinski definition) is 2. The molecule has 1 unspecified atom stereocenters. The van der Waals surface area contributed by atoms with E-state index >= 15 is 0 Å². The van der Waals surface area contributed by atoms with Gasteiger partial charge in [-0.2, -0.15) is 0 Å². The first kappa shape index (κ1) is 14.6. The van der Waals surface area contributed by atoms with Gasteiger partial charge in [0.2, 0.25) is 0 Å². The molecule has 2 rings (SSSR count). The number of nitrogens with one attached hydrogen (secondary N) is 1. The highest BCUT2D eigenvalue weighted by Crippen LogP contribution is 2.33. The van der Waals surface area contributed by atoms with Gasteiger partial charge in [-0.15, -0.1) is 11.3 Å². The van der Waals surface area contributed by atoms with Crippen molar-refractivity contribution < 1.29 is 0 Å². The fraction of sp³-hybridized carbons (Fsp3) is 0.375. The van der Waals surface area contributed by atoms with Crippen LogP contribution in [0.2, 0.25) is 4.34 Å². The summed E-state index contributed by atoms with van der Waals surface area (Å²) in [5.74, 6) is 0. The number of thiophene rings is 1. The van der Waals surface area contributed by atoms with Crippen molar-refractivity contribution in [3.8, 4) is 0 Å². The van der Waals surface area contributed by atoms with Gasteiger partial charge in [-0.3, -0.25) is 0 Å². The molecule has 0 saturated heterocycles. The molecule has 0 aliphatic rings. The van der Waals surface area contributed by atoms with Crippen molar-refractivity contribution in [3.05, 3.63) is 56.2 Å². The van der Waals surface area contributed by atoms with Crippen molar-refractivity contribution in [3.63, 3.8) is 0 Å². The Morgan fingerprint density at radius 2 is 1.95 bits per heavy atom. The molecule has 0 amide bonds. The van der Waals surface area contributed by atoms with Gasteiger partial charge in [0.1, 0.15) is 0 Å². The summed E-state index contributed by atoms with van der Waals surface area (Å²) in [6, 6.07) is 11.1. The lowest BCUT2D eigenvalue weighted by Crippen LogP contribution is -2.18. The Balaban J connectivity index is 2.47. The number of halogens is 1. The van der Waals surface area contributed by atoms with E-state index in [2.05, 4.69) is 43.4 Å². The van der Waals surface area contributed by atoms with E-state index in [0.29, 0.717) is 0 Å². The van der Waals surface area contributed by atoms with Gasteiger partial charge in [0.15, 0.2) is 0 Å². The van der Waals surface area contributed by atoms with Gasteiger partial charge in [-0.05, 0) is 48.7 Å². The maximum Gasteiger partial charge on any atom is 0.0931 e. The number of benzene rings is 1. The average molecular weight is 294 g/mol. The molecule has 1 aromatic heterocycles. The van der Waals surface area contributed by atoms with Crippen LogP contribution in [0.1, 0.15) is 41.5 Å². The summed E-state index contributed by atoms with van der Waals surface area (Å²) in [5.41, 5.74) is 4.17. The van der Waals surface area contributed by atoms with E-state index in [0.717, 1.165) is 17.2 Å². The Kier molecular flexibility index (Phi) is 5.03. The smallest absolute Gasteiger partial charge is 0.0931 e. The maximum absolute atomic E-state index is 6.07. The van der Waals surface area contributed by atoms with Gasteiger partial charge in [0.25, 0.3) is 0 Å². The molecule has 0 saturated carbocycles. The lowest BCUT2D eigenvalue weighted by molar-refractivity contribution is 0.694. The van der Waals surface area contributed by atoms with E-state index in [4.69, 9.17) is 11.6 Å². The minimum atomic E-state index is 0.235. The van der Waals surface area contributed by atoms with Crippen molar-refractivity contribution in [1.29, 1.82) is 0 Å². The van der Waals surface area contributed by atoms with Gasteiger partial charge in [-0.25, -0.2) is 0 Å². The van der Waals surface area contributed by atoms with Gasteiger partial charge in [0.05, 0.1) is 10.4 Å². The molecule has 2 aromatic rings. The van der Waals surface area contributed by atoms with Crippen molar-refractivity contribution >= 4 is 22.9 Å². The number of rotatable bonds is 5. The van der Waals surface area contributed by atoms with Gasteiger partial charge < -0.3 is 5.32 Å². The van der Waals surface area contributed by atoms with Crippen LogP contribution in [0, 0.1) is 0 Å². The standard InChI is InChI=1S/C16H20ClNS/c1-4-11-6-7-12(5-2)13(10-11)16(18-3)14-8-9-15(17)19-14/h6-10,16,18H,4-5H2,1-3H3. The fourth-order valence-corrected chi connectivity index (χ4v) is 3.58. The van der Waals surface area contributed by atoms with Crippen LogP contribution in [0.5, 0.6) is 0 Å². The number of aryl methyl sites for hydroxylation is 2. The largest absolute Gasteiger partial charge is 0.309 e. The molecule has 1 heterocycles. The average Bonchev–Trinajstić information content (AvgIpc) is 2.86. The molecule has 1 nitrogen and oxygen atoms in total. The summed E-state index contributed by atoms with van der Waals surface area (Å²) >= 11 is 7.72. The van der Waals surface area contributed by atoms with Crippen LogP contribution in [-0.2, 0) is 12.8 Å². The summed E-state index contributed by atoms with van der Waals surface area (Å²) in [7, 11) is 2.01. The molecular formula is C16H20ClNS. The van der Waals surface area contributed by atoms with E-state index in [9.17, 15) is 0 Å². The zero-order valence-electron chi connectivity index (χ0n) is 11.7. The third-order valence-corrected chi connectivity index (χ3v) is 4.77. The van der Waals surface area contributed by atoms with E-state index < -0.39 is 0 Å². The normalized spacial score (nSPS) is 12.6. The van der Waals surface area contributed by atoms with Crippen molar-refractivity contribution in [2.75, 3.05) is 7.05 Å². The van der Waals surface area contributed by atoms with Crippen LogP contribution in [0.15, 0.2) is 30.3 Å². The SMILES string of the molecule is CCc1ccc(CC)c(C(NC)c2ccc(Cl)s2)c1. The second kappa shape index (κ2) is 6.56. The Bertz CT molecular complexity index is 547. The second-order valence-corrected chi connectivity index (χ2v) is 6.35. The lowest BCUT2D eigenvalue weighted by atomic mass is 9.94. The van der Waals surface area contributed by atoms with Crippen LogP contribution >= 0.6 is 22.9 Å². The highest BCUT2D eigenvalue weighted by molar-refractivity contribution is 7.16. The summed E-state index contributed by atoms with van der Waals surface area (Å²) < 4.78 is 0.847. The Morgan fingerprint density at radius 3 is 2.47 bits per heavy atom. The van der Waals surface area contributed by atoms with E-state index in [1.54, 1.807) is 11.3 Å². The highest BCUT2D eigenvalue weighted by Gasteiger charge is 2.17. The monoisotopic (exact) mass is 293 g/mol. The molecule has 1 aromatic carbocycles. The lowest BCUT2D eigenvalue weighted by Gasteiger charge is -2.19. The molecule has 0 bridgehead atoms. The molecule has 0 radical (unpaired) electrons. The van der Waals surface area contributed by atoms with Crippen LogP contribution in [0.3, 0.4) is 0 Å². The summed E-state index contributed by atoms with van der Waals surface area (Å²) in [4.78, 5) is 1.27. The molecular weight excluding hydrogens is 274 g/mol. The molecule has 0 aliphatic carbocycles. The zero-order valence-corrected chi connectivity index (χ0v) is 13.2. The Labute approximate surface area is 124 Å². The second-order valence-electron chi connectivity index (χ2n) is 4.60. The minimum Gasteiger partial charge on any atom is -0.309 e. The fourth-order valence-electron chi connectivity index (χ4n) is 2.39. The Hall–Kier alpha value is -0.830. The minimum absolute atomic E-state index is 0.235. The quantitative estimate of drug-likeness (QED) is 0.832. The third-order valence-electron chi connectivity index (χ3n) is 3.48. The topological polar surface area (TPSA) is 12.0 Å². The molecule has 3 heteroatoms. The van der Waals surface area contributed by atoms with Gasteiger partial charge in [0, 0.05) is 4.88 Å². The predicted octanol–water partition coefficient (Wildman–Crippen LogP) is 4.84. The first-order valence-electron chi connectivity index (χ1n) is 6.73. The maximum atomic E-state index is 6.07. The molecule has 1 N–H and O–H groups in total. The molecule has 0 aliphatic heterocycles. The summed E-state index contributed by atoms with van der Waals surface area (Å²) in [5, 5.41) is 3.43. The zero-order chi connectivity index (χ0) is 13.8. The highest BCUT2D eigenvalue weighted by atomic mass is 35.5. The predicted molar refractivity (Wildman–Crippen MR) is 85.4 cm³/mol. The molecule has 0 fully saturated rings. The number of hydrogen-bond donors (Lipinski definition) is 1. The van der Waals surface area contributed by atoms with Gasteiger partial charge >= 0.3 is 0 Å². The molecule has 102 valence electrons. The van der Waals surface area contributed by atoms with E-state index in [-0.39, 0.29) is 6.04 Å². The van der Waals surface area contributed by atoms with Crippen molar-refractivity contribution in [2.45, 2.75) is 32.7 Å². The first-order chi connectivity index (χ1) is 9.19. The van der Waals surface area contributed by atoms with Crippen molar-refractivity contribution in [2.24, 2.45) is 0 Å². The molecule has 19 heavy (non-hydrogen) atoms. The Morgan fingerprint density at radius 1 is 1.16 bits per heavy atom.